The third kappa shape index (κ3) is 4.80. The molecule has 5 aromatic carbocycles. The number of carbonyl (C=O) groups is 4. The molecule has 8 nitrogen and oxygen atoms in total. The second-order valence-corrected chi connectivity index (χ2v) is 14.9. The summed E-state index contributed by atoms with van der Waals surface area (Å²) in [5.74, 6) is -4.25. The molecule has 3 aliphatic carbocycles. The number of imide groups is 1. The summed E-state index contributed by atoms with van der Waals surface area (Å²) < 4.78 is 5.95. The van der Waals surface area contributed by atoms with Crippen LogP contribution in [0.15, 0.2) is 156 Å². The van der Waals surface area contributed by atoms with Gasteiger partial charge in [-0.2, -0.15) is 0 Å². The summed E-state index contributed by atoms with van der Waals surface area (Å²) in [7, 11) is 0. The van der Waals surface area contributed by atoms with E-state index >= 15 is 9.59 Å². The Labute approximate surface area is 316 Å². The van der Waals surface area contributed by atoms with E-state index in [0.717, 1.165) is 11.1 Å². The lowest BCUT2D eigenvalue weighted by molar-refractivity contribution is -0.135. The Morgan fingerprint density at radius 1 is 0.709 bits per heavy atom. The number of amides is 2. The predicted octanol–water partition coefficient (Wildman–Crippen LogP) is 8.23. The molecule has 8 heteroatoms. The van der Waals surface area contributed by atoms with Gasteiger partial charge in [0, 0.05) is 28.5 Å². The quantitative estimate of drug-likeness (QED) is 0.141. The van der Waals surface area contributed by atoms with Crippen molar-refractivity contribution in [1.82, 2.24) is 4.98 Å². The summed E-state index contributed by atoms with van der Waals surface area (Å²) in [5, 5.41) is 11.5. The van der Waals surface area contributed by atoms with Crippen molar-refractivity contribution in [2.45, 2.75) is 24.2 Å². The zero-order valence-corrected chi connectivity index (χ0v) is 29.5. The molecule has 0 spiro atoms. The number of fused-ring (bicyclic) bond motifs is 5. The Hall–Kier alpha value is -6.67. The molecule has 1 saturated heterocycles. The zero-order valence-electron chi connectivity index (χ0n) is 29.5. The number of benzene rings is 5. The minimum Gasteiger partial charge on any atom is -0.508 e. The molecule has 1 aliphatic heterocycles. The summed E-state index contributed by atoms with van der Waals surface area (Å²) in [6.07, 6.45) is 3.95. The number of carbonyl (C=O) groups excluding carboxylic acids is 4. The van der Waals surface area contributed by atoms with Crippen LogP contribution in [0.5, 0.6) is 5.75 Å². The van der Waals surface area contributed by atoms with Gasteiger partial charge in [0.25, 0.3) is 0 Å². The molecular formula is C47H34N2O6. The summed E-state index contributed by atoms with van der Waals surface area (Å²) in [5.41, 5.74) is 4.08. The monoisotopic (exact) mass is 722 g/mol. The number of nitrogens with zero attached hydrogens (tertiary/aromatic N) is 2. The third-order valence-corrected chi connectivity index (χ3v) is 12.3. The maximum absolute atomic E-state index is 15.1. The molecule has 55 heavy (non-hydrogen) atoms. The van der Waals surface area contributed by atoms with E-state index < -0.39 is 35.0 Å². The van der Waals surface area contributed by atoms with E-state index in [2.05, 4.69) is 4.98 Å². The molecule has 1 saturated carbocycles. The number of rotatable bonds is 5. The van der Waals surface area contributed by atoms with Crippen LogP contribution in [0.1, 0.15) is 35.4 Å². The number of ketones is 2. The van der Waals surface area contributed by atoms with Gasteiger partial charge in [0.15, 0.2) is 17.1 Å². The SMILES string of the molecule is O=C1C(c2ccccc2)=CC(=O)[C@@]2(c3ccccc3)[C@@H](c3ccccc3O)C3=CC[C@@H]4C(=O)N(c5ccc(-c6nc7ccccc7o6)cc5)C(=O)[C@@H]4[C@@H]3C[C@@H]12. The van der Waals surface area contributed by atoms with Crippen molar-refractivity contribution in [3.8, 4) is 17.2 Å². The number of Topliss-reactive ketones (excluding diaryl/α,β-unsaturated/α-hetero) is 1. The molecule has 0 bridgehead atoms. The lowest BCUT2D eigenvalue weighted by Gasteiger charge is -2.55. The van der Waals surface area contributed by atoms with Gasteiger partial charge < -0.3 is 9.52 Å². The highest BCUT2D eigenvalue weighted by atomic mass is 16.3. The fraction of sp³-hybridized carbons (Fsp3) is 0.170. The summed E-state index contributed by atoms with van der Waals surface area (Å²) in [4.78, 5) is 65.1. The molecule has 6 atom stereocenters. The second kappa shape index (κ2) is 12.5. The van der Waals surface area contributed by atoms with Gasteiger partial charge in [-0.15, -0.1) is 0 Å². The minimum atomic E-state index is -1.41. The normalized spacial score (nSPS) is 26.0. The Bertz CT molecular complexity index is 2590. The topological polar surface area (TPSA) is 118 Å². The molecule has 2 amide bonds. The van der Waals surface area contributed by atoms with Crippen LogP contribution in [-0.2, 0) is 24.6 Å². The molecule has 4 aliphatic rings. The molecular weight excluding hydrogens is 689 g/mol. The van der Waals surface area contributed by atoms with Crippen molar-refractivity contribution in [3.63, 3.8) is 0 Å². The molecule has 2 fully saturated rings. The van der Waals surface area contributed by atoms with E-state index in [1.807, 2.05) is 97.1 Å². The van der Waals surface area contributed by atoms with E-state index in [9.17, 15) is 14.7 Å². The number of anilines is 1. The van der Waals surface area contributed by atoms with E-state index in [0.29, 0.717) is 45.0 Å². The van der Waals surface area contributed by atoms with Crippen molar-refractivity contribution < 1.29 is 28.7 Å². The van der Waals surface area contributed by atoms with E-state index in [1.54, 1.807) is 42.5 Å². The molecule has 10 rings (SSSR count). The fourth-order valence-electron chi connectivity index (χ4n) is 9.95. The van der Waals surface area contributed by atoms with Crippen LogP contribution >= 0.6 is 0 Å². The molecule has 6 aromatic rings. The molecule has 268 valence electrons. The van der Waals surface area contributed by atoms with Gasteiger partial charge in [0.2, 0.25) is 17.7 Å². The lowest BCUT2D eigenvalue weighted by atomic mass is 9.44. The molecule has 0 unspecified atom stereocenters. The van der Waals surface area contributed by atoms with Gasteiger partial charge in [-0.05, 0) is 78.4 Å². The van der Waals surface area contributed by atoms with Crippen molar-refractivity contribution in [3.05, 3.63) is 168 Å². The second-order valence-electron chi connectivity index (χ2n) is 14.9. The van der Waals surface area contributed by atoms with E-state index in [-0.39, 0.29) is 42.0 Å². The van der Waals surface area contributed by atoms with Gasteiger partial charge in [0.1, 0.15) is 11.3 Å². The van der Waals surface area contributed by atoms with E-state index in [1.165, 1.54) is 11.0 Å². The number of phenols is 1. The van der Waals surface area contributed by atoms with Gasteiger partial charge in [-0.25, -0.2) is 4.98 Å². The van der Waals surface area contributed by atoms with Gasteiger partial charge in [-0.1, -0.05) is 103 Å². The predicted molar refractivity (Wildman–Crippen MR) is 207 cm³/mol. The molecule has 1 N–H and O–H groups in total. The number of phenolic OH excluding ortho intramolecular Hbond substituents is 1. The Morgan fingerprint density at radius 3 is 2.15 bits per heavy atom. The Morgan fingerprint density at radius 2 is 1.40 bits per heavy atom. The maximum Gasteiger partial charge on any atom is 0.238 e. The number of hydrogen-bond donors (Lipinski definition) is 1. The van der Waals surface area contributed by atoms with Gasteiger partial charge in [0.05, 0.1) is 22.9 Å². The van der Waals surface area contributed by atoms with Crippen molar-refractivity contribution in [2.24, 2.45) is 23.7 Å². The first-order valence-corrected chi connectivity index (χ1v) is 18.6. The average molecular weight is 723 g/mol. The highest BCUT2D eigenvalue weighted by molar-refractivity contribution is 6.32. The number of aromatic nitrogens is 1. The highest BCUT2D eigenvalue weighted by Gasteiger charge is 2.66. The van der Waals surface area contributed by atoms with Crippen molar-refractivity contribution >= 4 is 45.7 Å². The molecule has 1 aromatic heterocycles. The molecule has 2 heterocycles. The lowest BCUT2D eigenvalue weighted by Crippen LogP contribution is -2.58. The van der Waals surface area contributed by atoms with Crippen LogP contribution in [0.4, 0.5) is 5.69 Å². The fourth-order valence-corrected chi connectivity index (χ4v) is 9.95. The standard InChI is InChI=1S/C47H34N2O6/c50-38-17-9-7-15-32(38)42-31-23-24-33-41(46(54)49(45(33)53)30-21-19-28(20-22-30)44-48-37-16-8-10-18-39(37)55-44)35(31)25-36-43(52)34(27-11-3-1-4-12-27)26-40(51)47(36,42)29-13-5-2-6-14-29/h1-23,26,33,35-36,41-42,50H,24-25H2/t33-,35+,36-,41-,42+,47-/m0/s1. The van der Waals surface area contributed by atoms with Crippen molar-refractivity contribution in [2.75, 3.05) is 4.90 Å². The van der Waals surface area contributed by atoms with Crippen LogP contribution in [0.25, 0.3) is 28.1 Å². The van der Waals surface area contributed by atoms with Crippen molar-refractivity contribution in [1.29, 1.82) is 0 Å². The van der Waals surface area contributed by atoms with Crippen LogP contribution in [0, 0.1) is 23.7 Å². The summed E-state index contributed by atoms with van der Waals surface area (Å²) in [6.45, 7) is 0. The van der Waals surface area contributed by atoms with Crippen LogP contribution < -0.4 is 4.90 Å². The average Bonchev–Trinajstić information content (AvgIpc) is 3.77. The largest absolute Gasteiger partial charge is 0.508 e. The van der Waals surface area contributed by atoms with E-state index in [4.69, 9.17) is 4.42 Å². The number of hydrogen-bond acceptors (Lipinski definition) is 7. The zero-order chi connectivity index (χ0) is 37.4. The minimum absolute atomic E-state index is 0.00204. The number of allylic oxidation sites excluding steroid dienone is 4. The number of oxazole rings is 1. The maximum atomic E-state index is 15.1. The first kappa shape index (κ1) is 32.9. The van der Waals surface area contributed by atoms with Crippen LogP contribution in [0.2, 0.25) is 0 Å². The number of aromatic hydroxyl groups is 1. The Balaban J connectivity index is 1.09. The highest BCUT2D eigenvalue weighted by Crippen LogP contribution is 2.64. The smallest absolute Gasteiger partial charge is 0.238 e. The first-order chi connectivity index (χ1) is 26.9. The van der Waals surface area contributed by atoms with Crippen LogP contribution in [0.3, 0.4) is 0 Å². The summed E-state index contributed by atoms with van der Waals surface area (Å²) >= 11 is 0. The van der Waals surface area contributed by atoms with Gasteiger partial charge in [-0.3, -0.25) is 24.1 Å². The molecule has 0 radical (unpaired) electrons. The van der Waals surface area contributed by atoms with Crippen LogP contribution in [-0.4, -0.2) is 33.5 Å². The number of para-hydroxylation sites is 3. The third-order valence-electron chi connectivity index (χ3n) is 12.3. The Kier molecular flexibility index (Phi) is 7.46. The van der Waals surface area contributed by atoms with Gasteiger partial charge >= 0.3 is 0 Å². The first-order valence-electron chi connectivity index (χ1n) is 18.6. The summed E-state index contributed by atoms with van der Waals surface area (Å²) in [6, 6.07) is 40.0.